The number of hydrogen-bond acceptors (Lipinski definition) is 1. The van der Waals surface area contributed by atoms with Crippen LogP contribution in [0.15, 0.2) is 60.8 Å². The van der Waals surface area contributed by atoms with Gasteiger partial charge in [-0.2, -0.15) is 0 Å². The molecule has 1 aliphatic carbocycles. The second-order valence-electron chi connectivity index (χ2n) is 5.96. The van der Waals surface area contributed by atoms with Crippen LogP contribution >= 0.6 is 0 Å². The van der Waals surface area contributed by atoms with E-state index in [0.29, 0.717) is 5.92 Å². The number of pyridine rings is 1. The number of aromatic nitrogens is 1. The minimum atomic E-state index is 0.701. The number of rotatable bonds is 2. The molecule has 0 unspecified atom stereocenters. The SMILES string of the molecule is c1ccc(-c2ncc(C3CCCC3)c3ccccc23)cc1. The average Bonchev–Trinajstić information content (AvgIpc) is 3.09. The summed E-state index contributed by atoms with van der Waals surface area (Å²) in [6.07, 6.45) is 7.48. The summed E-state index contributed by atoms with van der Waals surface area (Å²) in [7, 11) is 0. The Morgan fingerprint density at radius 2 is 1.43 bits per heavy atom. The van der Waals surface area contributed by atoms with E-state index in [-0.39, 0.29) is 0 Å². The minimum Gasteiger partial charge on any atom is -0.255 e. The monoisotopic (exact) mass is 273 g/mol. The highest BCUT2D eigenvalue weighted by atomic mass is 14.7. The molecule has 0 spiro atoms. The fourth-order valence-electron chi connectivity index (χ4n) is 3.60. The van der Waals surface area contributed by atoms with Crippen molar-refractivity contribution in [1.29, 1.82) is 0 Å². The van der Waals surface area contributed by atoms with E-state index < -0.39 is 0 Å². The summed E-state index contributed by atoms with van der Waals surface area (Å²) in [4.78, 5) is 4.82. The molecule has 0 atom stereocenters. The summed E-state index contributed by atoms with van der Waals surface area (Å²) in [5.41, 5.74) is 3.75. The molecule has 3 aromatic rings. The molecule has 0 N–H and O–H groups in total. The van der Waals surface area contributed by atoms with Gasteiger partial charge in [-0.25, -0.2) is 0 Å². The van der Waals surface area contributed by atoms with E-state index in [1.165, 1.54) is 47.6 Å². The van der Waals surface area contributed by atoms with E-state index in [0.717, 1.165) is 5.69 Å². The molecule has 1 fully saturated rings. The Hall–Kier alpha value is -2.15. The van der Waals surface area contributed by atoms with Crippen molar-refractivity contribution in [3.8, 4) is 11.3 Å². The van der Waals surface area contributed by atoms with Crippen molar-refractivity contribution in [2.75, 3.05) is 0 Å². The summed E-state index contributed by atoms with van der Waals surface area (Å²) in [6, 6.07) is 19.2. The summed E-state index contributed by atoms with van der Waals surface area (Å²) in [6.45, 7) is 0. The van der Waals surface area contributed by atoms with Gasteiger partial charge in [0.15, 0.2) is 0 Å². The lowest BCUT2D eigenvalue weighted by atomic mass is 9.92. The van der Waals surface area contributed by atoms with Crippen LogP contribution in [0.25, 0.3) is 22.0 Å². The Labute approximate surface area is 125 Å². The lowest BCUT2D eigenvalue weighted by molar-refractivity contribution is 0.726. The van der Waals surface area contributed by atoms with Crippen LogP contribution in [0.4, 0.5) is 0 Å². The first kappa shape index (κ1) is 12.6. The molecule has 1 heterocycles. The Balaban J connectivity index is 1.93. The summed E-state index contributed by atoms with van der Waals surface area (Å²) in [5, 5.41) is 2.67. The third-order valence-corrected chi connectivity index (χ3v) is 4.67. The van der Waals surface area contributed by atoms with Gasteiger partial charge in [-0.05, 0) is 29.7 Å². The highest BCUT2D eigenvalue weighted by molar-refractivity contribution is 5.96. The number of nitrogens with zero attached hydrogens (tertiary/aromatic N) is 1. The molecule has 1 aliphatic rings. The molecular weight excluding hydrogens is 254 g/mol. The predicted octanol–water partition coefficient (Wildman–Crippen LogP) is 5.56. The van der Waals surface area contributed by atoms with Crippen molar-refractivity contribution < 1.29 is 0 Å². The fourth-order valence-corrected chi connectivity index (χ4v) is 3.60. The zero-order valence-electron chi connectivity index (χ0n) is 12.1. The summed E-state index contributed by atoms with van der Waals surface area (Å²) >= 11 is 0. The van der Waals surface area contributed by atoms with Crippen LogP contribution in [0.5, 0.6) is 0 Å². The minimum absolute atomic E-state index is 0.701. The van der Waals surface area contributed by atoms with Crippen molar-refractivity contribution in [3.05, 3.63) is 66.4 Å². The number of benzene rings is 2. The Morgan fingerprint density at radius 1 is 0.762 bits per heavy atom. The molecule has 2 aromatic carbocycles. The lowest BCUT2D eigenvalue weighted by Gasteiger charge is -2.15. The molecule has 4 rings (SSSR count). The smallest absolute Gasteiger partial charge is 0.0780 e. The molecule has 1 heteroatoms. The molecule has 0 aliphatic heterocycles. The molecule has 1 nitrogen and oxygen atoms in total. The molecule has 21 heavy (non-hydrogen) atoms. The van der Waals surface area contributed by atoms with Gasteiger partial charge in [-0.1, -0.05) is 67.4 Å². The van der Waals surface area contributed by atoms with Gasteiger partial charge in [-0.3, -0.25) is 4.98 Å². The lowest BCUT2D eigenvalue weighted by Crippen LogP contribution is -1.97. The Kier molecular flexibility index (Phi) is 3.19. The van der Waals surface area contributed by atoms with Crippen LogP contribution in [0.3, 0.4) is 0 Å². The van der Waals surface area contributed by atoms with E-state index in [1.54, 1.807) is 0 Å². The third kappa shape index (κ3) is 2.23. The van der Waals surface area contributed by atoms with E-state index in [9.17, 15) is 0 Å². The van der Waals surface area contributed by atoms with Crippen molar-refractivity contribution in [1.82, 2.24) is 4.98 Å². The maximum Gasteiger partial charge on any atom is 0.0780 e. The second-order valence-corrected chi connectivity index (χ2v) is 5.96. The van der Waals surface area contributed by atoms with Crippen LogP contribution in [0.1, 0.15) is 37.2 Å². The van der Waals surface area contributed by atoms with Gasteiger partial charge in [0, 0.05) is 17.1 Å². The van der Waals surface area contributed by atoms with Crippen LogP contribution in [0, 0.1) is 0 Å². The molecule has 104 valence electrons. The maximum absolute atomic E-state index is 4.82. The number of hydrogen-bond donors (Lipinski definition) is 0. The van der Waals surface area contributed by atoms with Gasteiger partial charge in [0.05, 0.1) is 5.69 Å². The molecule has 0 amide bonds. The standard InChI is InChI=1S/C20H19N/c1-2-10-16(11-3-1)20-18-13-7-6-12-17(18)19(14-21-20)15-8-4-5-9-15/h1-3,6-7,10-15H,4-5,8-9H2. The molecule has 0 saturated heterocycles. The zero-order chi connectivity index (χ0) is 14.1. The van der Waals surface area contributed by atoms with Crippen molar-refractivity contribution in [3.63, 3.8) is 0 Å². The first-order valence-corrected chi connectivity index (χ1v) is 7.86. The first-order valence-electron chi connectivity index (χ1n) is 7.86. The van der Waals surface area contributed by atoms with Crippen molar-refractivity contribution in [2.45, 2.75) is 31.6 Å². The van der Waals surface area contributed by atoms with Crippen molar-refractivity contribution in [2.24, 2.45) is 0 Å². The predicted molar refractivity (Wildman–Crippen MR) is 88.4 cm³/mol. The molecule has 0 bridgehead atoms. The van der Waals surface area contributed by atoms with E-state index in [2.05, 4.69) is 60.8 Å². The second kappa shape index (κ2) is 5.33. The van der Waals surface area contributed by atoms with Gasteiger partial charge in [0.1, 0.15) is 0 Å². The quantitative estimate of drug-likeness (QED) is 0.595. The van der Waals surface area contributed by atoms with Crippen LogP contribution in [-0.4, -0.2) is 4.98 Å². The average molecular weight is 273 g/mol. The normalized spacial score (nSPS) is 15.6. The van der Waals surface area contributed by atoms with E-state index in [1.807, 2.05) is 0 Å². The highest BCUT2D eigenvalue weighted by Gasteiger charge is 2.20. The number of fused-ring (bicyclic) bond motifs is 1. The van der Waals surface area contributed by atoms with Crippen molar-refractivity contribution >= 4 is 10.8 Å². The maximum atomic E-state index is 4.82. The van der Waals surface area contributed by atoms with Gasteiger partial charge in [0.2, 0.25) is 0 Å². The topological polar surface area (TPSA) is 12.9 Å². The van der Waals surface area contributed by atoms with Gasteiger partial charge in [0.25, 0.3) is 0 Å². The Morgan fingerprint density at radius 3 is 2.19 bits per heavy atom. The van der Waals surface area contributed by atoms with Crippen LogP contribution < -0.4 is 0 Å². The van der Waals surface area contributed by atoms with E-state index in [4.69, 9.17) is 4.98 Å². The summed E-state index contributed by atoms with van der Waals surface area (Å²) < 4.78 is 0. The van der Waals surface area contributed by atoms with Gasteiger partial charge >= 0.3 is 0 Å². The largest absolute Gasteiger partial charge is 0.255 e. The Bertz CT molecular complexity index is 755. The van der Waals surface area contributed by atoms with Gasteiger partial charge < -0.3 is 0 Å². The zero-order valence-corrected chi connectivity index (χ0v) is 12.1. The molecule has 1 saturated carbocycles. The fraction of sp³-hybridized carbons (Fsp3) is 0.250. The van der Waals surface area contributed by atoms with E-state index >= 15 is 0 Å². The first-order chi connectivity index (χ1) is 10.4. The third-order valence-electron chi connectivity index (χ3n) is 4.67. The highest BCUT2D eigenvalue weighted by Crippen LogP contribution is 2.39. The van der Waals surface area contributed by atoms with Crippen LogP contribution in [-0.2, 0) is 0 Å². The molecular formula is C20H19N. The molecule has 1 aromatic heterocycles. The summed E-state index contributed by atoms with van der Waals surface area (Å²) in [5.74, 6) is 0.701. The molecule has 0 radical (unpaired) electrons. The van der Waals surface area contributed by atoms with Crippen LogP contribution in [0.2, 0.25) is 0 Å². The van der Waals surface area contributed by atoms with Gasteiger partial charge in [-0.15, -0.1) is 0 Å².